The number of hydrogen-bond donors (Lipinski definition) is 0. The van der Waals surface area contributed by atoms with E-state index in [4.69, 9.17) is 23.2 Å². The molecule has 0 fully saturated rings. The van der Waals surface area contributed by atoms with Crippen molar-refractivity contribution in [2.45, 2.75) is 32.2 Å². The summed E-state index contributed by atoms with van der Waals surface area (Å²) in [6.45, 7) is 3.97. The van der Waals surface area contributed by atoms with E-state index in [1.807, 2.05) is 38.9 Å². The SMILES string of the molecule is CCC(C)(C(=O)Cc1ccc(Cl)cc1Cl)N(C)C. The fourth-order valence-electron chi connectivity index (χ4n) is 1.79. The van der Waals surface area contributed by atoms with Gasteiger partial charge in [0, 0.05) is 16.5 Å². The van der Waals surface area contributed by atoms with E-state index in [2.05, 4.69) is 0 Å². The third-order valence-electron chi connectivity index (χ3n) is 3.64. The third-order valence-corrected chi connectivity index (χ3v) is 4.23. The molecule has 0 aliphatic rings. The van der Waals surface area contributed by atoms with Crippen LogP contribution in [-0.4, -0.2) is 30.3 Å². The lowest BCUT2D eigenvalue weighted by Crippen LogP contribution is -2.48. The lowest BCUT2D eigenvalue weighted by molar-refractivity contribution is -0.128. The van der Waals surface area contributed by atoms with Crippen LogP contribution in [-0.2, 0) is 11.2 Å². The Bertz CT molecular complexity index is 445. The first-order chi connectivity index (χ1) is 8.31. The molecule has 0 radical (unpaired) electrons. The highest BCUT2D eigenvalue weighted by atomic mass is 35.5. The van der Waals surface area contributed by atoms with Gasteiger partial charge in [0.2, 0.25) is 0 Å². The van der Waals surface area contributed by atoms with Crippen molar-refractivity contribution < 1.29 is 4.79 Å². The molecule has 0 aromatic heterocycles. The molecule has 1 rings (SSSR count). The van der Waals surface area contributed by atoms with Crippen LogP contribution in [0.2, 0.25) is 10.0 Å². The molecule has 0 aliphatic carbocycles. The molecule has 100 valence electrons. The average Bonchev–Trinajstić information content (AvgIpc) is 2.31. The van der Waals surface area contributed by atoms with Gasteiger partial charge < -0.3 is 0 Å². The van der Waals surface area contributed by atoms with Gasteiger partial charge >= 0.3 is 0 Å². The van der Waals surface area contributed by atoms with Crippen molar-refractivity contribution in [3.63, 3.8) is 0 Å². The number of Topliss-reactive ketones (excluding diaryl/α,β-unsaturated/α-hetero) is 1. The predicted octanol–water partition coefficient (Wildman–Crippen LogP) is 3.84. The first kappa shape index (κ1) is 15.5. The van der Waals surface area contributed by atoms with E-state index >= 15 is 0 Å². The van der Waals surface area contributed by atoms with Gasteiger partial charge in [-0.1, -0.05) is 36.2 Å². The van der Waals surface area contributed by atoms with Crippen molar-refractivity contribution in [2.75, 3.05) is 14.1 Å². The molecule has 1 aromatic rings. The molecule has 4 heteroatoms. The average molecular weight is 288 g/mol. The molecular formula is C14H19Cl2NO. The lowest BCUT2D eigenvalue weighted by atomic mass is 9.88. The minimum atomic E-state index is -0.455. The van der Waals surface area contributed by atoms with Crippen molar-refractivity contribution in [3.05, 3.63) is 33.8 Å². The summed E-state index contributed by atoms with van der Waals surface area (Å²) in [5.41, 5.74) is 0.371. The lowest BCUT2D eigenvalue weighted by Gasteiger charge is -2.34. The first-order valence-corrected chi connectivity index (χ1v) is 6.71. The maximum Gasteiger partial charge on any atom is 0.157 e. The summed E-state index contributed by atoms with van der Waals surface area (Å²) >= 11 is 11.9. The van der Waals surface area contributed by atoms with Crippen molar-refractivity contribution in [3.8, 4) is 0 Å². The van der Waals surface area contributed by atoms with E-state index in [9.17, 15) is 4.79 Å². The molecule has 18 heavy (non-hydrogen) atoms. The van der Waals surface area contributed by atoms with Crippen LogP contribution in [0.4, 0.5) is 0 Å². The zero-order chi connectivity index (χ0) is 13.9. The number of carbonyl (C=O) groups excluding carboxylic acids is 1. The zero-order valence-corrected chi connectivity index (χ0v) is 12.8. The minimum absolute atomic E-state index is 0.166. The third kappa shape index (κ3) is 3.25. The minimum Gasteiger partial charge on any atom is -0.297 e. The maximum atomic E-state index is 12.4. The summed E-state index contributed by atoms with van der Waals surface area (Å²) in [4.78, 5) is 14.4. The van der Waals surface area contributed by atoms with E-state index in [1.54, 1.807) is 12.1 Å². The fourth-order valence-corrected chi connectivity index (χ4v) is 2.27. The van der Waals surface area contributed by atoms with E-state index in [0.29, 0.717) is 16.5 Å². The Hall–Kier alpha value is -0.570. The van der Waals surface area contributed by atoms with E-state index in [0.717, 1.165) is 12.0 Å². The summed E-state index contributed by atoms with van der Waals surface area (Å²) in [6.07, 6.45) is 1.10. The van der Waals surface area contributed by atoms with Crippen molar-refractivity contribution in [1.29, 1.82) is 0 Å². The largest absolute Gasteiger partial charge is 0.297 e. The van der Waals surface area contributed by atoms with Gasteiger partial charge in [-0.15, -0.1) is 0 Å². The van der Waals surface area contributed by atoms with Crippen LogP contribution in [0.1, 0.15) is 25.8 Å². The molecule has 0 saturated carbocycles. The second-order valence-corrected chi connectivity index (χ2v) is 5.70. The normalized spacial score (nSPS) is 14.6. The van der Waals surface area contributed by atoms with Crippen LogP contribution in [0, 0.1) is 0 Å². The fraction of sp³-hybridized carbons (Fsp3) is 0.500. The quantitative estimate of drug-likeness (QED) is 0.820. The van der Waals surface area contributed by atoms with Crippen LogP contribution in [0.3, 0.4) is 0 Å². The summed E-state index contributed by atoms with van der Waals surface area (Å²) in [5, 5.41) is 1.13. The highest BCUT2D eigenvalue weighted by Crippen LogP contribution is 2.25. The predicted molar refractivity (Wildman–Crippen MR) is 77.6 cm³/mol. The number of ketones is 1. The molecule has 0 saturated heterocycles. The van der Waals surface area contributed by atoms with Crippen LogP contribution >= 0.6 is 23.2 Å². The summed E-state index contributed by atoms with van der Waals surface area (Å²) < 4.78 is 0. The van der Waals surface area contributed by atoms with E-state index < -0.39 is 5.54 Å². The van der Waals surface area contributed by atoms with Gasteiger partial charge in [-0.3, -0.25) is 9.69 Å². The summed E-state index contributed by atoms with van der Waals surface area (Å²) in [7, 11) is 3.84. The Balaban J connectivity index is 2.93. The second-order valence-electron chi connectivity index (χ2n) is 4.86. The smallest absolute Gasteiger partial charge is 0.157 e. The molecule has 0 bridgehead atoms. The number of likely N-dealkylation sites (N-methyl/N-ethyl adjacent to an activating group) is 1. The molecule has 2 nitrogen and oxygen atoms in total. The highest BCUT2D eigenvalue weighted by molar-refractivity contribution is 6.35. The molecule has 0 amide bonds. The Morgan fingerprint density at radius 3 is 2.39 bits per heavy atom. The van der Waals surface area contributed by atoms with Crippen LogP contribution < -0.4 is 0 Å². The molecule has 1 unspecified atom stereocenters. The molecule has 1 aromatic carbocycles. The molecular weight excluding hydrogens is 269 g/mol. The van der Waals surface area contributed by atoms with E-state index in [-0.39, 0.29) is 5.78 Å². The van der Waals surface area contributed by atoms with Crippen molar-refractivity contribution in [1.82, 2.24) is 4.90 Å². The highest BCUT2D eigenvalue weighted by Gasteiger charge is 2.33. The number of hydrogen-bond acceptors (Lipinski definition) is 2. The zero-order valence-electron chi connectivity index (χ0n) is 11.3. The van der Waals surface area contributed by atoms with E-state index in [1.165, 1.54) is 0 Å². The number of halogens is 2. The Morgan fingerprint density at radius 1 is 1.33 bits per heavy atom. The monoisotopic (exact) mass is 287 g/mol. The second kappa shape index (κ2) is 6.05. The summed E-state index contributed by atoms with van der Waals surface area (Å²) in [6, 6.07) is 5.24. The molecule has 0 spiro atoms. The Labute approximate surface area is 119 Å². The molecule has 0 N–H and O–H groups in total. The maximum absolute atomic E-state index is 12.4. The van der Waals surface area contributed by atoms with Gasteiger partial charge in [0.1, 0.15) is 0 Å². The van der Waals surface area contributed by atoms with Gasteiger partial charge in [-0.2, -0.15) is 0 Å². The van der Waals surface area contributed by atoms with Gasteiger partial charge in [-0.25, -0.2) is 0 Å². The van der Waals surface area contributed by atoms with Crippen LogP contribution in [0.5, 0.6) is 0 Å². The standard InChI is InChI=1S/C14H19Cl2NO/c1-5-14(2,17(3)4)13(18)8-10-6-7-11(15)9-12(10)16/h6-7,9H,5,8H2,1-4H3. The number of rotatable bonds is 5. The number of nitrogens with zero attached hydrogens (tertiary/aromatic N) is 1. The van der Waals surface area contributed by atoms with Crippen LogP contribution in [0.15, 0.2) is 18.2 Å². The van der Waals surface area contributed by atoms with Gasteiger partial charge in [-0.05, 0) is 45.1 Å². The molecule has 0 heterocycles. The summed E-state index contributed by atoms with van der Waals surface area (Å²) in [5.74, 6) is 0.166. The van der Waals surface area contributed by atoms with Crippen molar-refractivity contribution in [2.24, 2.45) is 0 Å². The number of carbonyl (C=O) groups is 1. The van der Waals surface area contributed by atoms with Gasteiger partial charge in [0.25, 0.3) is 0 Å². The van der Waals surface area contributed by atoms with Crippen LogP contribution in [0.25, 0.3) is 0 Å². The topological polar surface area (TPSA) is 20.3 Å². The Morgan fingerprint density at radius 2 is 1.94 bits per heavy atom. The number of benzene rings is 1. The van der Waals surface area contributed by atoms with Gasteiger partial charge in [0.05, 0.1) is 5.54 Å². The molecule has 1 atom stereocenters. The Kier molecular flexibility index (Phi) is 5.20. The van der Waals surface area contributed by atoms with Gasteiger partial charge in [0.15, 0.2) is 5.78 Å². The van der Waals surface area contributed by atoms with Crippen molar-refractivity contribution >= 4 is 29.0 Å². The molecule has 0 aliphatic heterocycles. The first-order valence-electron chi connectivity index (χ1n) is 5.96.